The smallest absolute Gasteiger partial charge is 0.178 e. The van der Waals surface area contributed by atoms with Crippen LogP contribution in [0.25, 0.3) is 11.0 Å². The van der Waals surface area contributed by atoms with Crippen LogP contribution in [-0.4, -0.2) is 21.1 Å². The fourth-order valence-corrected chi connectivity index (χ4v) is 4.57. The summed E-state index contributed by atoms with van der Waals surface area (Å²) in [5, 5.41) is 0.704. The molecule has 2 nitrogen and oxygen atoms in total. The van der Waals surface area contributed by atoms with E-state index in [1.807, 2.05) is 11.8 Å². The topological polar surface area (TPSA) is 20.7 Å². The van der Waals surface area contributed by atoms with Gasteiger partial charge in [-0.3, -0.25) is 0 Å². The van der Waals surface area contributed by atoms with Gasteiger partial charge in [-0.15, -0.1) is 0 Å². The van der Waals surface area contributed by atoms with Gasteiger partial charge in [-0.1, -0.05) is 24.4 Å². The first kappa shape index (κ1) is 14.4. The van der Waals surface area contributed by atoms with Crippen molar-refractivity contribution in [1.29, 1.82) is 0 Å². The minimum Gasteiger partial charge on any atom is -0.330 e. The van der Waals surface area contributed by atoms with Crippen molar-refractivity contribution in [2.24, 2.45) is 0 Å². The van der Waals surface area contributed by atoms with Crippen molar-refractivity contribution in [2.45, 2.75) is 37.0 Å². The summed E-state index contributed by atoms with van der Waals surface area (Å²) in [6, 6.07) is 3.48. The van der Waals surface area contributed by atoms with Crippen LogP contribution in [0.3, 0.4) is 0 Å². The molecule has 20 heavy (non-hydrogen) atoms. The van der Waals surface area contributed by atoms with E-state index in [0.717, 1.165) is 17.5 Å². The van der Waals surface area contributed by atoms with E-state index < -0.39 is 5.82 Å². The zero-order chi connectivity index (χ0) is 14.3. The van der Waals surface area contributed by atoms with Crippen LogP contribution in [-0.2, 0) is 0 Å². The largest absolute Gasteiger partial charge is 0.330 e. The van der Waals surface area contributed by atoms with E-state index in [9.17, 15) is 4.39 Å². The molecule has 0 bridgehead atoms. The molecule has 108 valence electrons. The molecule has 1 aromatic carbocycles. The molecule has 2 atom stereocenters. The second-order valence-electron chi connectivity index (χ2n) is 5.21. The molecule has 1 aliphatic rings. The highest BCUT2D eigenvalue weighted by molar-refractivity contribution is 7.99. The van der Waals surface area contributed by atoms with E-state index in [4.69, 9.17) is 23.8 Å². The number of fused-ring (bicyclic) bond motifs is 1. The Balaban J connectivity index is 2.17. The van der Waals surface area contributed by atoms with Crippen molar-refractivity contribution in [3.05, 3.63) is 27.7 Å². The first-order valence-corrected chi connectivity index (χ1v) is 8.81. The van der Waals surface area contributed by atoms with Gasteiger partial charge in [-0.2, -0.15) is 11.8 Å². The van der Waals surface area contributed by atoms with E-state index in [-0.39, 0.29) is 5.02 Å². The summed E-state index contributed by atoms with van der Waals surface area (Å²) in [4.78, 5) is 3.11. The molecule has 1 heterocycles. The van der Waals surface area contributed by atoms with Gasteiger partial charge in [0, 0.05) is 17.4 Å². The van der Waals surface area contributed by atoms with Gasteiger partial charge in [0.25, 0.3) is 0 Å². The van der Waals surface area contributed by atoms with E-state index in [2.05, 4.69) is 15.8 Å². The molecular formula is C14H16ClFN2S2. The standard InChI is InChI=1S/C14H16ClFN2S2/c1-20-13-5-3-2-4-11(13)18-12-6-8(15)9(16)7-10(12)17-14(18)19/h6-7,11,13H,2-5H2,1H3,(H,17,19). The second-order valence-corrected chi connectivity index (χ2v) is 7.08. The lowest BCUT2D eigenvalue weighted by Crippen LogP contribution is -2.25. The van der Waals surface area contributed by atoms with Gasteiger partial charge in [-0.05, 0) is 37.4 Å². The molecule has 6 heteroatoms. The molecule has 0 aliphatic heterocycles. The Morgan fingerprint density at radius 3 is 2.90 bits per heavy atom. The van der Waals surface area contributed by atoms with Crippen molar-refractivity contribution in [3.8, 4) is 0 Å². The lowest BCUT2D eigenvalue weighted by molar-refractivity contribution is 0.369. The second kappa shape index (κ2) is 5.70. The Hall–Kier alpha value is -0.520. The van der Waals surface area contributed by atoms with E-state index in [1.165, 1.54) is 25.3 Å². The van der Waals surface area contributed by atoms with Crippen LogP contribution in [0.15, 0.2) is 12.1 Å². The van der Waals surface area contributed by atoms with Crippen LogP contribution in [0.4, 0.5) is 4.39 Å². The summed E-state index contributed by atoms with van der Waals surface area (Å²) in [6.07, 6.45) is 6.95. The highest BCUT2D eigenvalue weighted by Crippen LogP contribution is 2.38. The minimum atomic E-state index is -0.410. The van der Waals surface area contributed by atoms with Gasteiger partial charge in [0.05, 0.1) is 16.1 Å². The normalized spacial score (nSPS) is 23.4. The van der Waals surface area contributed by atoms with E-state index in [0.29, 0.717) is 16.1 Å². The Labute approximate surface area is 131 Å². The Bertz CT molecular complexity index is 694. The quantitative estimate of drug-likeness (QED) is 0.750. The molecule has 1 N–H and O–H groups in total. The number of thioether (sulfide) groups is 1. The molecule has 0 radical (unpaired) electrons. The monoisotopic (exact) mass is 330 g/mol. The Morgan fingerprint density at radius 1 is 1.40 bits per heavy atom. The van der Waals surface area contributed by atoms with Crippen LogP contribution in [0.5, 0.6) is 0 Å². The maximum Gasteiger partial charge on any atom is 0.178 e. The number of imidazole rings is 1. The lowest BCUT2D eigenvalue weighted by atomic mass is 9.94. The molecule has 0 amide bonds. The van der Waals surface area contributed by atoms with Gasteiger partial charge >= 0.3 is 0 Å². The molecule has 1 aliphatic carbocycles. The number of aromatic amines is 1. The maximum absolute atomic E-state index is 13.6. The molecule has 1 saturated carbocycles. The Morgan fingerprint density at radius 2 is 2.15 bits per heavy atom. The predicted octanol–water partition coefficient (Wildman–Crippen LogP) is 5.34. The summed E-state index contributed by atoms with van der Waals surface area (Å²) < 4.78 is 16.4. The highest BCUT2D eigenvalue weighted by atomic mass is 35.5. The number of benzene rings is 1. The van der Waals surface area contributed by atoms with Crippen molar-refractivity contribution >= 4 is 46.6 Å². The summed E-state index contributed by atoms with van der Waals surface area (Å²) >= 11 is 13.3. The van der Waals surface area contributed by atoms with Gasteiger partial charge in [-0.25, -0.2) is 4.39 Å². The SMILES string of the molecule is CSC1CCCCC1n1c(=S)[nH]c2cc(F)c(Cl)cc21. The first-order chi connectivity index (χ1) is 9.61. The fourth-order valence-electron chi connectivity index (χ4n) is 3.10. The van der Waals surface area contributed by atoms with Crippen molar-refractivity contribution in [3.63, 3.8) is 0 Å². The van der Waals surface area contributed by atoms with Crippen LogP contribution in [0, 0.1) is 10.6 Å². The van der Waals surface area contributed by atoms with Crippen molar-refractivity contribution in [1.82, 2.24) is 9.55 Å². The fraction of sp³-hybridized carbons (Fsp3) is 0.500. The molecule has 0 spiro atoms. The number of H-pyrrole nitrogens is 1. The van der Waals surface area contributed by atoms with Gasteiger partial charge < -0.3 is 9.55 Å². The van der Waals surface area contributed by atoms with Crippen molar-refractivity contribution < 1.29 is 4.39 Å². The lowest BCUT2D eigenvalue weighted by Gasteiger charge is -2.31. The van der Waals surface area contributed by atoms with Gasteiger partial charge in [0.15, 0.2) is 4.77 Å². The summed E-state index contributed by atoms with van der Waals surface area (Å²) in [5.41, 5.74) is 1.63. The summed E-state index contributed by atoms with van der Waals surface area (Å²) in [7, 11) is 0. The molecule has 3 rings (SSSR count). The number of hydrogen-bond donors (Lipinski definition) is 1. The van der Waals surface area contributed by atoms with Gasteiger partial charge in [0.2, 0.25) is 0 Å². The number of rotatable bonds is 2. The summed E-state index contributed by atoms with van der Waals surface area (Å²) in [5.74, 6) is -0.410. The molecule has 1 fully saturated rings. The van der Waals surface area contributed by atoms with Crippen molar-refractivity contribution in [2.75, 3.05) is 6.26 Å². The predicted molar refractivity (Wildman–Crippen MR) is 86.9 cm³/mol. The number of halogens is 2. The molecule has 0 saturated heterocycles. The average molecular weight is 331 g/mol. The number of nitrogens with zero attached hydrogens (tertiary/aromatic N) is 1. The zero-order valence-corrected chi connectivity index (χ0v) is 13.5. The molecule has 2 aromatic rings. The first-order valence-electron chi connectivity index (χ1n) is 6.74. The van der Waals surface area contributed by atoms with Gasteiger partial charge in [0.1, 0.15) is 5.82 Å². The molecule has 1 aromatic heterocycles. The third-order valence-electron chi connectivity index (χ3n) is 4.06. The zero-order valence-electron chi connectivity index (χ0n) is 11.2. The van der Waals surface area contributed by atoms with E-state index in [1.54, 1.807) is 6.07 Å². The molecule has 2 unspecified atom stereocenters. The van der Waals surface area contributed by atoms with E-state index >= 15 is 0 Å². The number of hydrogen-bond acceptors (Lipinski definition) is 2. The number of aromatic nitrogens is 2. The van der Waals surface area contributed by atoms with Crippen LogP contribution < -0.4 is 0 Å². The van der Waals surface area contributed by atoms with Crippen LogP contribution >= 0.6 is 35.6 Å². The third kappa shape index (κ3) is 2.40. The number of nitrogens with one attached hydrogen (secondary N) is 1. The third-order valence-corrected chi connectivity index (χ3v) is 5.80. The average Bonchev–Trinajstić information content (AvgIpc) is 2.74. The van der Waals surface area contributed by atoms with Crippen LogP contribution in [0.2, 0.25) is 5.02 Å². The minimum absolute atomic E-state index is 0.150. The highest BCUT2D eigenvalue weighted by Gasteiger charge is 2.27. The maximum atomic E-state index is 13.6. The summed E-state index contributed by atoms with van der Waals surface area (Å²) in [6.45, 7) is 0. The molecular weight excluding hydrogens is 315 g/mol. The van der Waals surface area contributed by atoms with Crippen LogP contribution in [0.1, 0.15) is 31.7 Å². The Kier molecular flexibility index (Phi) is 4.11.